The molecule has 3 heteroatoms. The van der Waals surface area contributed by atoms with Gasteiger partial charge in [-0.1, -0.05) is 36.0 Å². The van der Waals surface area contributed by atoms with Gasteiger partial charge in [0, 0.05) is 11.6 Å². The zero-order chi connectivity index (χ0) is 9.68. The van der Waals surface area contributed by atoms with Gasteiger partial charge in [-0.15, -0.1) is 0 Å². The molecule has 1 rings (SSSR count). The fraction of sp³-hybridized carbons (Fsp3) is 0.300. The molecule has 0 heterocycles. The third kappa shape index (κ3) is 4.25. The molecular formula is C10H12ClNS. The maximum absolute atomic E-state index is 5.76. The van der Waals surface area contributed by atoms with Crippen LogP contribution in [0.3, 0.4) is 0 Å². The van der Waals surface area contributed by atoms with Gasteiger partial charge in [-0.25, -0.2) is 0 Å². The quantitative estimate of drug-likeness (QED) is 0.776. The summed E-state index contributed by atoms with van der Waals surface area (Å²) in [5, 5.41) is 3.89. The van der Waals surface area contributed by atoms with Crippen molar-refractivity contribution in [2.24, 2.45) is 0 Å². The first-order valence-corrected chi connectivity index (χ1v) is 4.96. The van der Waals surface area contributed by atoms with E-state index in [2.05, 4.69) is 5.32 Å². The maximum Gasteiger partial charge on any atom is 0.0722 e. The molecule has 0 amide bonds. The van der Waals surface area contributed by atoms with Gasteiger partial charge in [-0.2, -0.15) is 0 Å². The molecule has 1 N–H and O–H groups in total. The third-order valence-corrected chi connectivity index (χ3v) is 2.10. The van der Waals surface area contributed by atoms with Gasteiger partial charge in [0.15, 0.2) is 0 Å². The van der Waals surface area contributed by atoms with Crippen molar-refractivity contribution >= 4 is 28.8 Å². The molecule has 0 fully saturated rings. The van der Waals surface area contributed by atoms with Crippen molar-refractivity contribution in [1.82, 2.24) is 5.32 Å². The summed E-state index contributed by atoms with van der Waals surface area (Å²) < 4.78 is 0. The van der Waals surface area contributed by atoms with Crippen LogP contribution in [0.1, 0.15) is 12.5 Å². The SMILES string of the molecule is CC(=S)NCCc1ccc(Cl)cc1. The summed E-state index contributed by atoms with van der Waals surface area (Å²) in [5.41, 5.74) is 1.27. The van der Waals surface area contributed by atoms with E-state index in [1.165, 1.54) is 5.56 Å². The minimum atomic E-state index is 0.780. The van der Waals surface area contributed by atoms with Crippen molar-refractivity contribution in [3.63, 3.8) is 0 Å². The number of rotatable bonds is 3. The molecule has 0 bridgehead atoms. The molecule has 13 heavy (non-hydrogen) atoms. The van der Waals surface area contributed by atoms with Gasteiger partial charge in [0.05, 0.1) is 4.99 Å². The van der Waals surface area contributed by atoms with Crippen LogP contribution in [-0.2, 0) is 6.42 Å². The first-order chi connectivity index (χ1) is 6.18. The van der Waals surface area contributed by atoms with Gasteiger partial charge in [-0.3, -0.25) is 0 Å². The fourth-order valence-corrected chi connectivity index (χ4v) is 1.26. The lowest BCUT2D eigenvalue weighted by Gasteiger charge is -2.03. The first-order valence-electron chi connectivity index (χ1n) is 4.17. The molecule has 0 unspecified atom stereocenters. The van der Waals surface area contributed by atoms with Crippen molar-refractivity contribution in [3.8, 4) is 0 Å². The molecule has 0 saturated carbocycles. The second-order valence-electron chi connectivity index (χ2n) is 2.86. The highest BCUT2D eigenvalue weighted by molar-refractivity contribution is 7.80. The predicted molar refractivity (Wildman–Crippen MR) is 61.4 cm³/mol. The Balaban J connectivity index is 2.37. The van der Waals surface area contributed by atoms with Crippen LogP contribution in [-0.4, -0.2) is 11.5 Å². The lowest BCUT2D eigenvalue weighted by Crippen LogP contribution is -2.20. The van der Waals surface area contributed by atoms with E-state index in [1.807, 2.05) is 31.2 Å². The van der Waals surface area contributed by atoms with Crippen molar-refractivity contribution in [3.05, 3.63) is 34.9 Å². The normalized spacial score (nSPS) is 9.69. The molecular weight excluding hydrogens is 202 g/mol. The summed E-state index contributed by atoms with van der Waals surface area (Å²) in [7, 11) is 0. The summed E-state index contributed by atoms with van der Waals surface area (Å²) >= 11 is 10.7. The van der Waals surface area contributed by atoms with E-state index in [9.17, 15) is 0 Å². The monoisotopic (exact) mass is 213 g/mol. The van der Waals surface area contributed by atoms with Crippen molar-refractivity contribution in [1.29, 1.82) is 0 Å². The maximum atomic E-state index is 5.76. The summed E-state index contributed by atoms with van der Waals surface area (Å²) in [6, 6.07) is 7.87. The van der Waals surface area contributed by atoms with Gasteiger partial charge in [0.25, 0.3) is 0 Å². The number of hydrogen-bond acceptors (Lipinski definition) is 1. The second kappa shape index (κ2) is 5.20. The molecule has 0 radical (unpaired) electrons. The van der Waals surface area contributed by atoms with E-state index < -0.39 is 0 Å². The predicted octanol–water partition coefficient (Wildman–Crippen LogP) is 2.82. The molecule has 70 valence electrons. The second-order valence-corrected chi connectivity index (χ2v) is 3.91. The Morgan fingerprint density at radius 3 is 2.54 bits per heavy atom. The Bertz CT molecular complexity index is 281. The molecule has 0 spiro atoms. The molecule has 0 aromatic heterocycles. The molecule has 0 aliphatic rings. The zero-order valence-corrected chi connectivity index (χ0v) is 9.08. The summed E-state index contributed by atoms with van der Waals surface area (Å²) in [6.45, 7) is 2.77. The van der Waals surface area contributed by atoms with Crippen LogP contribution < -0.4 is 5.32 Å². The van der Waals surface area contributed by atoms with Crippen LogP contribution in [0.4, 0.5) is 0 Å². The number of halogens is 1. The highest BCUT2D eigenvalue weighted by atomic mass is 35.5. The highest BCUT2D eigenvalue weighted by Crippen LogP contribution is 2.09. The molecule has 1 aromatic rings. The Kier molecular flexibility index (Phi) is 4.19. The van der Waals surface area contributed by atoms with Gasteiger partial charge in [-0.05, 0) is 31.0 Å². The van der Waals surface area contributed by atoms with Crippen LogP contribution in [0.5, 0.6) is 0 Å². The molecule has 1 nitrogen and oxygen atoms in total. The number of nitrogens with one attached hydrogen (secondary N) is 1. The largest absolute Gasteiger partial charge is 0.380 e. The third-order valence-electron chi connectivity index (χ3n) is 1.70. The molecule has 0 atom stereocenters. The Morgan fingerprint density at radius 1 is 1.38 bits per heavy atom. The van der Waals surface area contributed by atoms with E-state index in [0.717, 1.165) is 23.0 Å². The number of thiocarbonyl (C=S) groups is 1. The van der Waals surface area contributed by atoms with Crippen LogP contribution in [0.2, 0.25) is 5.02 Å². The fourth-order valence-electron chi connectivity index (χ4n) is 1.03. The van der Waals surface area contributed by atoms with E-state index in [-0.39, 0.29) is 0 Å². The van der Waals surface area contributed by atoms with Crippen molar-refractivity contribution in [2.75, 3.05) is 6.54 Å². The summed E-state index contributed by atoms with van der Waals surface area (Å²) in [6.07, 6.45) is 0.977. The van der Waals surface area contributed by atoms with Gasteiger partial charge in [0.2, 0.25) is 0 Å². The topological polar surface area (TPSA) is 12.0 Å². The smallest absolute Gasteiger partial charge is 0.0722 e. The molecule has 0 aliphatic carbocycles. The molecule has 1 aromatic carbocycles. The Morgan fingerprint density at radius 2 is 2.00 bits per heavy atom. The summed E-state index contributed by atoms with van der Waals surface area (Å²) in [4.78, 5) is 0.842. The van der Waals surface area contributed by atoms with E-state index in [4.69, 9.17) is 23.8 Å². The van der Waals surface area contributed by atoms with E-state index in [0.29, 0.717) is 0 Å². The standard InChI is InChI=1S/C10H12ClNS/c1-8(13)12-7-6-9-2-4-10(11)5-3-9/h2-5H,6-7H2,1H3,(H,12,13). The van der Waals surface area contributed by atoms with Crippen molar-refractivity contribution < 1.29 is 0 Å². The average Bonchev–Trinajstić information content (AvgIpc) is 2.08. The lowest BCUT2D eigenvalue weighted by molar-refractivity contribution is 0.872. The van der Waals surface area contributed by atoms with Crippen LogP contribution in [0, 0.1) is 0 Å². The van der Waals surface area contributed by atoms with Crippen LogP contribution >= 0.6 is 23.8 Å². The number of benzene rings is 1. The van der Waals surface area contributed by atoms with Gasteiger partial charge < -0.3 is 5.32 Å². The lowest BCUT2D eigenvalue weighted by atomic mass is 10.1. The first kappa shape index (κ1) is 10.5. The summed E-state index contributed by atoms with van der Waals surface area (Å²) in [5.74, 6) is 0. The number of hydrogen-bond donors (Lipinski definition) is 1. The van der Waals surface area contributed by atoms with Gasteiger partial charge >= 0.3 is 0 Å². The van der Waals surface area contributed by atoms with E-state index >= 15 is 0 Å². The molecule has 0 saturated heterocycles. The average molecular weight is 214 g/mol. The van der Waals surface area contributed by atoms with E-state index in [1.54, 1.807) is 0 Å². The Labute approximate surface area is 89.1 Å². The Hall–Kier alpha value is -0.600. The van der Waals surface area contributed by atoms with Crippen LogP contribution in [0.25, 0.3) is 0 Å². The minimum Gasteiger partial charge on any atom is -0.380 e. The zero-order valence-electron chi connectivity index (χ0n) is 7.51. The molecule has 0 aliphatic heterocycles. The van der Waals surface area contributed by atoms with Gasteiger partial charge in [0.1, 0.15) is 0 Å². The van der Waals surface area contributed by atoms with Crippen LogP contribution in [0.15, 0.2) is 24.3 Å². The minimum absolute atomic E-state index is 0.780. The highest BCUT2D eigenvalue weighted by Gasteiger charge is 1.92. The van der Waals surface area contributed by atoms with Crippen molar-refractivity contribution in [2.45, 2.75) is 13.3 Å².